The third-order valence-electron chi connectivity index (χ3n) is 12.3. The Bertz CT molecular complexity index is 1250. The highest BCUT2D eigenvalue weighted by Gasteiger charge is 2.67. The Kier molecular flexibility index (Phi) is 6.23. The summed E-state index contributed by atoms with van der Waals surface area (Å²) < 4.78 is 5.64. The number of phenolic OH excluding ortho intramolecular Hbond substituents is 1. The summed E-state index contributed by atoms with van der Waals surface area (Å²) in [6.07, 6.45) is 9.88. The smallest absolute Gasteiger partial charge is 0.186 e. The topological polar surface area (TPSA) is 66.8 Å². The van der Waals surface area contributed by atoms with E-state index in [1.54, 1.807) is 14.0 Å². The van der Waals surface area contributed by atoms with Gasteiger partial charge in [0.05, 0.1) is 18.1 Å². The Balaban J connectivity index is 1.70. The van der Waals surface area contributed by atoms with Crippen molar-refractivity contribution in [3.63, 3.8) is 0 Å². The molecule has 3 fully saturated rings. The number of hydrogen-bond donors (Lipinski definition) is 2. The monoisotopic (exact) mass is 538 g/mol. The van der Waals surface area contributed by atoms with E-state index in [-0.39, 0.29) is 43.2 Å². The average molecular weight is 539 g/mol. The van der Waals surface area contributed by atoms with Crippen LogP contribution in [0.4, 0.5) is 0 Å². The summed E-state index contributed by atoms with van der Waals surface area (Å²) in [5.41, 5.74) is 4.36. The first-order valence-corrected chi connectivity index (χ1v) is 15.1. The Morgan fingerprint density at radius 3 is 2.34 bits per heavy atom. The maximum absolute atomic E-state index is 12.5. The van der Waals surface area contributed by atoms with E-state index in [4.69, 9.17) is 4.74 Å². The Hall–Kier alpha value is -1.88. The van der Waals surface area contributed by atoms with Gasteiger partial charge in [0.2, 0.25) is 0 Å². The lowest BCUT2D eigenvalue weighted by Gasteiger charge is -2.70. The second kappa shape index (κ2) is 8.56. The van der Waals surface area contributed by atoms with Crippen molar-refractivity contribution in [2.45, 2.75) is 104 Å². The van der Waals surface area contributed by atoms with Gasteiger partial charge in [-0.25, -0.2) is 0 Å². The maximum atomic E-state index is 12.5. The van der Waals surface area contributed by atoms with Gasteiger partial charge in [0.25, 0.3) is 0 Å². The minimum Gasteiger partial charge on any atom is -0.512 e. The number of aliphatic hydroxyl groups is 1. The van der Waals surface area contributed by atoms with Crippen LogP contribution in [-0.4, -0.2) is 22.4 Å². The molecule has 5 rings (SSSR count). The second-order valence-corrected chi connectivity index (χ2v) is 15.4. The summed E-state index contributed by atoms with van der Waals surface area (Å²) in [4.78, 5) is 12.5. The van der Waals surface area contributed by atoms with Gasteiger partial charge in [0.1, 0.15) is 0 Å². The van der Waals surface area contributed by atoms with Gasteiger partial charge in [-0.15, -0.1) is 0 Å². The number of allylic oxidation sites excluding steroid dienone is 2. The fourth-order valence-electron chi connectivity index (χ4n) is 9.37. The van der Waals surface area contributed by atoms with Gasteiger partial charge in [-0.2, -0.15) is 0 Å². The van der Waals surface area contributed by atoms with Crippen LogP contribution in [-0.2, 0) is 10.2 Å². The van der Waals surface area contributed by atoms with E-state index in [9.17, 15) is 15.0 Å². The van der Waals surface area contributed by atoms with Crippen LogP contribution < -0.4 is 4.74 Å². The summed E-state index contributed by atoms with van der Waals surface area (Å²) >= 11 is 1.36. The molecule has 0 amide bonds. The lowest BCUT2D eigenvalue weighted by atomic mass is 9.34. The van der Waals surface area contributed by atoms with Gasteiger partial charge in [-0.3, -0.25) is 4.79 Å². The molecule has 4 aliphatic carbocycles. The SMILES string of the molecule is C=C(O)[C@]1(C)CC[C@]2(C)CC[C@]3(C)C4=CC(SC(C)=O)c5c(cc(OC)c(O)c5C)[C@]4(C)CC[C@@]3(C)[C@@H]2C1. The standard InChI is InChI=1S/C33H46O4S/c1-19-27-22(16-23(37-9)28(19)36)31(6)13-15-33(8)26-18-30(5,20(2)34)11-10-29(26,4)12-14-32(33,7)25(31)17-24(27)38-21(3)35/h16-17,24,26,34,36H,2,10-15,18H2,1,3-9H3/t24?,26-,29-,30-,31+,32-,33+/m1/s1. The Labute approximate surface area is 233 Å². The molecule has 1 unspecified atom stereocenters. The van der Waals surface area contributed by atoms with Crippen LogP contribution >= 0.6 is 11.8 Å². The number of fused-ring (bicyclic) bond motifs is 7. The van der Waals surface area contributed by atoms with E-state index in [2.05, 4.69) is 47.3 Å². The van der Waals surface area contributed by atoms with E-state index in [1.165, 1.54) is 29.3 Å². The number of aliphatic hydroxyl groups excluding tert-OH is 1. The molecule has 5 heteroatoms. The minimum atomic E-state index is -0.241. The zero-order chi connectivity index (χ0) is 28.1. The summed E-state index contributed by atoms with van der Waals surface area (Å²) in [6.45, 7) is 19.7. The van der Waals surface area contributed by atoms with Gasteiger partial charge in [0.15, 0.2) is 16.6 Å². The fraction of sp³-hybridized carbons (Fsp3) is 0.667. The van der Waals surface area contributed by atoms with Gasteiger partial charge >= 0.3 is 0 Å². The van der Waals surface area contributed by atoms with Crippen LogP contribution in [0.5, 0.6) is 11.5 Å². The number of ether oxygens (including phenoxy) is 1. The molecule has 208 valence electrons. The molecule has 4 aliphatic rings. The zero-order valence-corrected chi connectivity index (χ0v) is 25.4. The molecule has 0 spiro atoms. The molecular weight excluding hydrogens is 492 g/mol. The molecule has 1 aromatic rings. The number of thioether (sulfide) groups is 1. The second-order valence-electron chi connectivity index (χ2n) is 14.1. The molecule has 0 saturated heterocycles. The maximum Gasteiger partial charge on any atom is 0.186 e. The molecule has 1 aromatic carbocycles. The minimum absolute atomic E-state index is 0.0501. The first-order valence-electron chi connectivity index (χ1n) is 14.3. The van der Waals surface area contributed by atoms with Gasteiger partial charge < -0.3 is 14.9 Å². The number of hydrogen-bond acceptors (Lipinski definition) is 5. The van der Waals surface area contributed by atoms with E-state index in [0.29, 0.717) is 17.4 Å². The summed E-state index contributed by atoms with van der Waals surface area (Å²) in [5.74, 6) is 1.49. The van der Waals surface area contributed by atoms with Crippen LogP contribution in [0.15, 0.2) is 30.1 Å². The molecule has 38 heavy (non-hydrogen) atoms. The van der Waals surface area contributed by atoms with Crippen LogP contribution in [0.3, 0.4) is 0 Å². The lowest BCUT2D eigenvalue weighted by Crippen LogP contribution is -2.62. The predicted molar refractivity (Wildman–Crippen MR) is 156 cm³/mol. The van der Waals surface area contributed by atoms with Crippen molar-refractivity contribution >= 4 is 16.9 Å². The highest BCUT2D eigenvalue weighted by Crippen LogP contribution is 2.75. The van der Waals surface area contributed by atoms with Crippen molar-refractivity contribution in [1.29, 1.82) is 0 Å². The van der Waals surface area contributed by atoms with Crippen molar-refractivity contribution in [3.05, 3.63) is 46.7 Å². The Morgan fingerprint density at radius 2 is 1.74 bits per heavy atom. The predicted octanol–water partition coefficient (Wildman–Crippen LogP) is 8.71. The number of rotatable bonds is 3. The highest BCUT2D eigenvalue weighted by molar-refractivity contribution is 8.13. The number of benzene rings is 1. The molecule has 4 nitrogen and oxygen atoms in total. The van der Waals surface area contributed by atoms with Crippen molar-refractivity contribution < 1.29 is 19.7 Å². The molecule has 3 saturated carbocycles. The van der Waals surface area contributed by atoms with E-state index < -0.39 is 0 Å². The van der Waals surface area contributed by atoms with Gasteiger partial charge in [-0.05, 0) is 96.8 Å². The van der Waals surface area contributed by atoms with Crippen LogP contribution in [0.2, 0.25) is 0 Å². The number of carbonyl (C=O) groups excluding carboxylic acids is 1. The highest BCUT2D eigenvalue weighted by atomic mass is 32.2. The molecule has 0 bridgehead atoms. The van der Waals surface area contributed by atoms with Crippen molar-refractivity contribution in [2.24, 2.45) is 27.6 Å². The fourth-order valence-corrected chi connectivity index (χ4v) is 10.3. The number of aromatic hydroxyl groups is 1. The third-order valence-corrected chi connectivity index (χ3v) is 13.2. The molecule has 0 aromatic heterocycles. The van der Waals surface area contributed by atoms with Gasteiger partial charge in [0, 0.05) is 17.8 Å². The van der Waals surface area contributed by atoms with Crippen molar-refractivity contribution in [3.8, 4) is 11.5 Å². The summed E-state index contributed by atoms with van der Waals surface area (Å²) in [6, 6.07) is 2.05. The normalized spacial score (nSPS) is 41.6. The van der Waals surface area contributed by atoms with Crippen LogP contribution in [0, 0.1) is 34.5 Å². The van der Waals surface area contributed by atoms with E-state index >= 15 is 0 Å². The molecule has 2 N–H and O–H groups in total. The van der Waals surface area contributed by atoms with Gasteiger partial charge in [-0.1, -0.05) is 64.6 Å². The first kappa shape index (κ1) is 27.7. The number of methoxy groups -OCH3 is 1. The lowest BCUT2D eigenvalue weighted by molar-refractivity contribution is -0.157. The molecule has 0 aliphatic heterocycles. The molecular formula is C33H46O4S. The number of phenols is 1. The van der Waals surface area contributed by atoms with E-state index in [0.717, 1.165) is 49.7 Å². The molecule has 7 atom stereocenters. The summed E-state index contributed by atoms with van der Waals surface area (Å²) in [5, 5.41) is 21.5. The van der Waals surface area contributed by atoms with Crippen LogP contribution in [0.25, 0.3) is 0 Å². The quantitative estimate of drug-likeness (QED) is 0.297. The van der Waals surface area contributed by atoms with Crippen LogP contribution in [0.1, 0.15) is 108 Å². The van der Waals surface area contributed by atoms with Crippen molar-refractivity contribution in [1.82, 2.24) is 0 Å². The molecule has 0 radical (unpaired) electrons. The molecule has 0 heterocycles. The van der Waals surface area contributed by atoms with Crippen molar-refractivity contribution in [2.75, 3.05) is 7.11 Å². The zero-order valence-electron chi connectivity index (χ0n) is 24.6. The first-order chi connectivity index (χ1) is 17.6. The Morgan fingerprint density at radius 1 is 1.08 bits per heavy atom. The average Bonchev–Trinajstić information content (AvgIpc) is 2.84. The largest absolute Gasteiger partial charge is 0.512 e. The summed E-state index contributed by atoms with van der Waals surface area (Å²) in [7, 11) is 1.61. The van der Waals surface area contributed by atoms with E-state index in [1.807, 2.05) is 13.0 Å². The third kappa shape index (κ3) is 3.52. The number of carbonyl (C=O) groups is 1.